The van der Waals surface area contributed by atoms with Gasteiger partial charge in [-0.1, -0.05) is 36.3 Å². The van der Waals surface area contributed by atoms with Gasteiger partial charge in [0.15, 0.2) is 0 Å². The molecule has 0 bridgehead atoms. The fourth-order valence-electron chi connectivity index (χ4n) is 3.42. The van der Waals surface area contributed by atoms with E-state index in [0.717, 1.165) is 11.3 Å². The monoisotopic (exact) mass is 502 g/mol. The minimum absolute atomic E-state index is 0.211. The second-order valence-corrected chi connectivity index (χ2v) is 8.16. The van der Waals surface area contributed by atoms with Gasteiger partial charge in [0.25, 0.3) is 0 Å². The Morgan fingerprint density at radius 3 is 2.46 bits per heavy atom. The van der Waals surface area contributed by atoms with E-state index in [1.54, 1.807) is 56.6 Å². The van der Waals surface area contributed by atoms with Crippen LogP contribution in [0.5, 0.6) is 11.5 Å². The lowest BCUT2D eigenvalue weighted by molar-refractivity contribution is -0.119. The minimum atomic E-state index is -0.533. The Kier molecular flexibility index (Phi) is 8.09. The molecular formula is C27H26N4O6. The Hall–Kier alpha value is -4.73. The van der Waals surface area contributed by atoms with Gasteiger partial charge in [-0.05, 0) is 42.0 Å². The zero-order chi connectivity index (χ0) is 26.2. The average molecular weight is 503 g/mol. The van der Waals surface area contributed by atoms with Crippen molar-refractivity contribution >= 4 is 17.6 Å². The maximum absolute atomic E-state index is 12.7. The molecule has 2 heterocycles. The molecule has 0 radical (unpaired) electrons. The van der Waals surface area contributed by atoms with E-state index < -0.39 is 11.9 Å². The number of aromatic nitrogens is 3. The number of hydrogen-bond donors (Lipinski definition) is 1. The van der Waals surface area contributed by atoms with Crippen molar-refractivity contribution in [3.63, 3.8) is 0 Å². The molecular weight excluding hydrogens is 476 g/mol. The molecule has 0 aliphatic heterocycles. The van der Waals surface area contributed by atoms with E-state index in [1.165, 1.54) is 7.11 Å². The molecule has 0 fully saturated rings. The zero-order valence-corrected chi connectivity index (χ0v) is 20.6. The molecule has 2 aromatic carbocycles. The number of benzene rings is 2. The summed E-state index contributed by atoms with van der Waals surface area (Å²) in [6, 6.07) is 17.8. The number of nitrogens with zero attached hydrogens (tertiary/aromatic N) is 3. The van der Waals surface area contributed by atoms with Crippen molar-refractivity contribution in [2.24, 2.45) is 5.92 Å². The number of para-hydroxylation sites is 1. The number of ether oxygens (including phenoxy) is 3. The van der Waals surface area contributed by atoms with Gasteiger partial charge in [-0.3, -0.25) is 4.79 Å². The van der Waals surface area contributed by atoms with E-state index in [-0.39, 0.29) is 17.9 Å². The van der Waals surface area contributed by atoms with E-state index in [4.69, 9.17) is 18.7 Å². The van der Waals surface area contributed by atoms with Crippen molar-refractivity contribution < 1.29 is 28.3 Å². The van der Waals surface area contributed by atoms with Gasteiger partial charge in [-0.15, -0.1) is 0 Å². The summed E-state index contributed by atoms with van der Waals surface area (Å²) >= 11 is 0. The summed E-state index contributed by atoms with van der Waals surface area (Å²) < 4.78 is 21.0. The Labute approximate surface area is 213 Å². The van der Waals surface area contributed by atoms with Crippen LogP contribution in [0.3, 0.4) is 0 Å². The first kappa shape index (κ1) is 25.4. The van der Waals surface area contributed by atoms with Crippen molar-refractivity contribution in [3.8, 4) is 23.0 Å². The first-order valence-corrected chi connectivity index (χ1v) is 11.5. The molecule has 0 aliphatic rings. The van der Waals surface area contributed by atoms with Gasteiger partial charge in [0.2, 0.25) is 17.6 Å². The summed E-state index contributed by atoms with van der Waals surface area (Å²) in [5.41, 5.74) is 2.15. The second kappa shape index (κ2) is 11.8. The van der Waals surface area contributed by atoms with Gasteiger partial charge < -0.3 is 24.1 Å². The summed E-state index contributed by atoms with van der Waals surface area (Å²) in [5.74, 6) is 0.651. The van der Waals surface area contributed by atoms with Crippen LogP contribution < -0.4 is 14.8 Å². The molecule has 37 heavy (non-hydrogen) atoms. The molecule has 2 aromatic heterocycles. The number of esters is 1. The van der Waals surface area contributed by atoms with Crippen LogP contribution in [0.2, 0.25) is 0 Å². The van der Waals surface area contributed by atoms with E-state index in [0.29, 0.717) is 35.5 Å². The van der Waals surface area contributed by atoms with Crippen LogP contribution >= 0.6 is 0 Å². The number of amides is 1. The van der Waals surface area contributed by atoms with Crippen molar-refractivity contribution in [2.45, 2.75) is 20.0 Å². The molecule has 1 amide bonds. The highest BCUT2D eigenvalue weighted by Crippen LogP contribution is 2.21. The molecule has 4 rings (SSSR count). The molecule has 4 aromatic rings. The quantitative estimate of drug-likeness (QED) is 0.315. The maximum Gasteiger partial charge on any atom is 0.339 e. The molecule has 0 aliphatic carbocycles. The Morgan fingerprint density at radius 1 is 1.00 bits per heavy atom. The summed E-state index contributed by atoms with van der Waals surface area (Å²) in [6.07, 6.45) is 1.80. The topological polar surface area (TPSA) is 126 Å². The predicted octanol–water partition coefficient (Wildman–Crippen LogP) is 4.32. The molecule has 190 valence electrons. The van der Waals surface area contributed by atoms with E-state index in [1.807, 2.05) is 24.3 Å². The number of methoxy groups -OCH3 is 2. The standard InChI is InChI=1S/C27H26N4O6/c1-17(26(32)29-22-7-5-4-6-21(22)27(33)35-3)14-24-30-25(31-37-24)23-13-12-20(15-28-23)36-16-18-8-10-19(34-2)11-9-18/h4-13,15,17H,14,16H2,1-3H3,(H,29,32). The van der Waals surface area contributed by atoms with Crippen LogP contribution in [0.1, 0.15) is 28.7 Å². The van der Waals surface area contributed by atoms with Crippen LogP contribution in [0.25, 0.3) is 11.5 Å². The summed E-state index contributed by atoms with van der Waals surface area (Å²) in [4.78, 5) is 33.4. The molecule has 0 saturated heterocycles. The molecule has 0 spiro atoms. The maximum atomic E-state index is 12.7. The lowest BCUT2D eigenvalue weighted by atomic mass is 10.1. The van der Waals surface area contributed by atoms with Crippen LogP contribution in [-0.4, -0.2) is 41.2 Å². The third-order valence-electron chi connectivity index (χ3n) is 5.52. The average Bonchev–Trinajstić information content (AvgIpc) is 3.40. The van der Waals surface area contributed by atoms with Crippen molar-refractivity contribution in [3.05, 3.63) is 83.9 Å². The fraction of sp³-hybridized carbons (Fsp3) is 0.222. The lowest BCUT2D eigenvalue weighted by Gasteiger charge is -2.12. The van der Waals surface area contributed by atoms with Crippen LogP contribution in [0.15, 0.2) is 71.4 Å². The largest absolute Gasteiger partial charge is 0.497 e. The van der Waals surface area contributed by atoms with E-state index >= 15 is 0 Å². The van der Waals surface area contributed by atoms with Gasteiger partial charge in [-0.2, -0.15) is 4.98 Å². The summed E-state index contributed by atoms with van der Waals surface area (Å²) in [5, 5.41) is 6.73. The summed E-state index contributed by atoms with van der Waals surface area (Å²) in [7, 11) is 2.91. The highest BCUT2D eigenvalue weighted by atomic mass is 16.5. The van der Waals surface area contributed by atoms with E-state index in [2.05, 4.69) is 20.4 Å². The Morgan fingerprint density at radius 2 is 1.76 bits per heavy atom. The Bertz CT molecular complexity index is 1350. The van der Waals surface area contributed by atoms with Crippen LogP contribution in [-0.2, 0) is 22.6 Å². The SMILES string of the molecule is COC(=O)c1ccccc1NC(=O)C(C)Cc1nc(-c2ccc(OCc3ccc(OC)cc3)cn2)no1. The van der Waals surface area contributed by atoms with Gasteiger partial charge in [0.1, 0.15) is 23.8 Å². The predicted molar refractivity (Wildman–Crippen MR) is 134 cm³/mol. The number of carbonyl (C=O) groups excluding carboxylic acids is 2. The fourth-order valence-corrected chi connectivity index (χ4v) is 3.42. The number of carbonyl (C=O) groups is 2. The van der Waals surface area contributed by atoms with Gasteiger partial charge in [0, 0.05) is 12.3 Å². The third kappa shape index (κ3) is 6.49. The molecule has 10 nitrogen and oxygen atoms in total. The smallest absolute Gasteiger partial charge is 0.339 e. The van der Waals surface area contributed by atoms with Crippen LogP contribution in [0.4, 0.5) is 5.69 Å². The van der Waals surface area contributed by atoms with Crippen molar-refractivity contribution in [1.82, 2.24) is 15.1 Å². The van der Waals surface area contributed by atoms with Crippen LogP contribution in [0, 0.1) is 5.92 Å². The molecule has 1 atom stereocenters. The van der Waals surface area contributed by atoms with Gasteiger partial charge in [-0.25, -0.2) is 9.78 Å². The number of rotatable bonds is 10. The second-order valence-electron chi connectivity index (χ2n) is 8.16. The third-order valence-corrected chi connectivity index (χ3v) is 5.52. The van der Waals surface area contributed by atoms with Gasteiger partial charge in [0.05, 0.1) is 31.7 Å². The first-order valence-electron chi connectivity index (χ1n) is 11.5. The highest BCUT2D eigenvalue weighted by molar-refractivity contribution is 6.01. The number of nitrogens with one attached hydrogen (secondary N) is 1. The van der Waals surface area contributed by atoms with Crippen molar-refractivity contribution in [1.29, 1.82) is 0 Å². The highest BCUT2D eigenvalue weighted by Gasteiger charge is 2.21. The minimum Gasteiger partial charge on any atom is -0.497 e. The molecule has 1 N–H and O–H groups in total. The number of pyridine rings is 1. The molecule has 0 saturated carbocycles. The summed E-state index contributed by atoms with van der Waals surface area (Å²) in [6.45, 7) is 2.12. The molecule has 10 heteroatoms. The Balaban J connectivity index is 1.33. The number of anilines is 1. The first-order chi connectivity index (χ1) is 18.0. The lowest BCUT2D eigenvalue weighted by Crippen LogP contribution is -2.23. The molecule has 1 unspecified atom stereocenters. The van der Waals surface area contributed by atoms with E-state index in [9.17, 15) is 9.59 Å². The zero-order valence-electron chi connectivity index (χ0n) is 20.6. The number of hydrogen-bond acceptors (Lipinski definition) is 9. The van der Waals surface area contributed by atoms with Crippen molar-refractivity contribution in [2.75, 3.05) is 19.5 Å². The normalized spacial score (nSPS) is 11.4. The van der Waals surface area contributed by atoms with Gasteiger partial charge >= 0.3 is 5.97 Å².